The van der Waals surface area contributed by atoms with E-state index in [0.717, 1.165) is 25.6 Å². The minimum atomic E-state index is 0.722. The molecule has 0 saturated heterocycles. The normalized spacial score (nSPS) is 14.7. The summed E-state index contributed by atoms with van der Waals surface area (Å²) >= 11 is 0. The van der Waals surface area contributed by atoms with E-state index in [4.69, 9.17) is 0 Å². The highest BCUT2D eigenvalue weighted by Crippen LogP contribution is 2.35. The highest BCUT2D eigenvalue weighted by Gasteiger charge is 2.24. The van der Waals surface area contributed by atoms with Crippen molar-refractivity contribution in [1.82, 2.24) is 14.9 Å². The van der Waals surface area contributed by atoms with Crippen LogP contribution >= 0.6 is 0 Å². The van der Waals surface area contributed by atoms with Gasteiger partial charge in [0.1, 0.15) is 0 Å². The Morgan fingerprint density at radius 3 is 3.20 bits per heavy atom. The first-order chi connectivity index (χ1) is 7.42. The van der Waals surface area contributed by atoms with Crippen molar-refractivity contribution in [3.8, 4) is 11.8 Å². The number of nitrogens with one attached hydrogen (secondary N) is 1. The standard InChI is InChI=1S/C12H17N3/c1-2-3-4-7-13-8-12-9-14-10-15(12)11-5-6-11/h9-11,13H,4-8H2,1H3. The van der Waals surface area contributed by atoms with E-state index >= 15 is 0 Å². The highest BCUT2D eigenvalue weighted by molar-refractivity contribution is 5.03. The smallest absolute Gasteiger partial charge is 0.0951 e. The molecule has 1 N–H and O–H groups in total. The van der Waals surface area contributed by atoms with Gasteiger partial charge in [-0.2, -0.15) is 0 Å². The summed E-state index contributed by atoms with van der Waals surface area (Å²) in [5, 5.41) is 3.38. The molecule has 0 aromatic carbocycles. The summed E-state index contributed by atoms with van der Waals surface area (Å²) in [5.74, 6) is 5.94. The Bertz CT molecular complexity index is 366. The van der Waals surface area contributed by atoms with Gasteiger partial charge in [0.05, 0.1) is 12.0 Å². The molecule has 3 heteroatoms. The van der Waals surface area contributed by atoms with Crippen LogP contribution in [0.4, 0.5) is 0 Å². The lowest BCUT2D eigenvalue weighted by atomic mass is 10.4. The highest BCUT2D eigenvalue weighted by atomic mass is 15.1. The average Bonchev–Trinajstić information content (AvgIpc) is 2.99. The van der Waals surface area contributed by atoms with Gasteiger partial charge in [0.2, 0.25) is 0 Å². The molecule has 0 unspecified atom stereocenters. The lowest BCUT2D eigenvalue weighted by Crippen LogP contribution is -2.16. The van der Waals surface area contributed by atoms with E-state index in [-0.39, 0.29) is 0 Å². The summed E-state index contributed by atoms with van der Waals surface area (Å²) in [5.41, 5.74) is 1.29. The molecule has 1 fully saturated rings. The molecule has 0 bridgehead atoms. The fourth-order valence-corrected chi connectivity index (χ4v) is 1.64. The number of imidazole rings is 1. The van der Waals surface area contributed by atoms with Crippen LogP contribution in [0.1, 0.15) is 37.9 Å². The molecule has 1 aliphatic carbocycles. The van der Waals surface area contributed by atoms with E-state index in [0.29, 0.717) is 0 Å². The van der Waals surface area contributed by atoms with Crippen LogP contribution in [0.3, 0.4) is 0 Å². The van der Waals surface area contributed by atoms with Gasteiger partial charge < -0.3 is 9.88 Å². The summed E-state index contributed by atoms with van der Waals surface area (Å²) in [7, 11) is 0. The quantitative estimate of drug-likeness (QED) is 0.583. The van der Waals surface area contributed by atoms with Crippen LogP contribution < -0.4 is 5.32 Å². The second-order valence-electron chi connectivity index (χ2n) is 3.88. The Labute approximate surface area is 90.9 Å². The molecular weight excluding hydrogens is 186 g/mol. The first-order valence-electron chi connectivity index (χ1n) is 5.53. The zero-order valence-corrected chi connectivity index (χ0v) is 9.16. The minimum Gasteiger partial charge on any atom is -0.330 e. The van der Waals surface area contributed by atoms with Crippen LogP contribution in [0.15, 0.2) is 12.5 Å². The van der Waals surface area contributed by atoms with Crippen LogP contribution in [-0.4, -0.2) is 16.1 Å². The maximum absolute atomic E-state index is 4.19. The topological polar surface area (TPSA) is 29.9 Å². The number of nitrogens with zero attached hydrogens (tertiary/aromatic N) is 2. The second kappa shape index (κ2) is 4.99. The molecule has 0 spiro atoms. The zero-order chi connectivity index (χ0) is 10.5. The predicted octanol–water partition coefficient (Wildman–Crippen LogP) is 1.72. The van der Waals surface area contributed by atoms with Crippen LogP contribution in [0.5, 0.6) is 0 Å². The van der Waals surface area contributed by atoms with Gasteiger partial charge >= 0.3 is 0 Å². The van der Waals surface area contributed by atoms with Crippen LogP contribution in [0, 0.1) is 11.8 Å². The third-order valence-corrected chi connectivity index (χ3v) is 2.60. The number of hydrogen-bond donors (Lipinski definition) is 1. The molecule has 1 aliphatic rings. The Morgan fingerprint density at radius 2 is 2.47 bits per heavy atom. The summed E-state index contributed by atoms with van der Waals surface area (Å²) in [6, 6.07) is 0.722. The molecule has 2 rings (SSSR count). The molecule has 3 nitrogen and oxygen atoms in total. The van der Waals surface area contributed by atoms with E-state index in [1.165, 1.54) is 18.5 Å². The Balaban J connectivity index is 1.76. The SMILES string of the molecule is CC#CCCNCc1cncn1C1CC1. The van der Waals surface area contributed by atoms with Crippen molar-refractivity contribution in [2.45, 2.75) is 38.8 Å². The lowest BCUT2D eigenvalue weighted by molar-refractivity contribution is 0.626. The third kappa shape index (κ3) is 2.84. The van der Waals surface area contributed by atoms with Crippen molar-refractivity contribution in [3.63, 3.8) is 0 Å². The van der Waals surface area contributed by atoms with Gasteiger partial charge in [0.15, 0.2) is 0 Å². The number of hydrogen-bond acceptors (Lipinski definition) is 2. The molecule has 80 valence electrons. The molecule has 1 heterocycles. The third-order valence-electron chi connectivity index (χ3n) is 2.60. The second-order valence-corrected chi connectivity index (χ2v) is 3.88. The number of rotatable bonds is 5. The van der Waals surface area contributed by atoms with E-state index in [9.17, 15) is 0 Å². The van der Waals surface area contributed by atoms with Crippen molar-refractivity contribution >= 4 is 0 Å². The first kappa shape index (κ1) is 10.3. The van der Waals surface area contributed by atoms with Crippen molar-refractivity contribution in [3.05, 3.63) is 18.2 Å². The van der Waals surface area contributed by atoms with E-state index in [2.05, 4.69) is 26.7 Å². The fourth-order valence-electron chi connectivity index (χ4n) is 1.64. The van der Waals surface area contributed by atoms with Crippen molar-refractivity contribution in [2.24, 2.45) is 0 Å². The summed E-state index contributed by atoms with van der Waals surface area (Å²) in [6.45, 7) is 3.74. The van der Waals surface area contributed by atoms with Gasteiger partial charge in [0, 0.05) is 31.7 Å². The van der Waals surface area contributed by atoms with Crippen molar-refractivity contribution < 1.29 is 0 Å². The molecule has 0 atom stereocenters. The molecule has 0 aliphatic heterocycles. The maximum Gasteiger partial charge on any atom is 0.0951 e. The fraction of sp³-hybridized carbons (Fsp3) is 0.583. The molecule has 15 heavy (non-hydrogen) atoms. The molecule has 1 aromatic heterocycles. The molecule has 0 radical (unpaired) electrons. The van der Waals surface area contributed by atoms with Crippen LogP contribution in [-0.2, 0) is 6.54 Å². The van der Waals surface area contributed by atoms with Gasteiger partial charge in [-0.1, -0.05) is 0 Å². The van der Waals surface area contributed by atoms with Crippen LogP contribution in [0.25, 0.3) is 0 Å². The van der Waals surface area contributed by atoms with Gasteiger partial charge in [0.25, 0.3) is 0 Å². The largest absolute Gasteiger partial charge is 0.330 e. The van der Waals surface area contributed by atoms with E-state index in [1.54, 1.807) is 0 Å². The summed E-state index contributed by atoms with van der Waals surface area (Å²) in [4.78, 5) is 4.19. The maximum atomic E-state index is 4.19. The molecule has 1 aromatic rings. The lowest BCUT2D eigenvalue weighted by Gasteiger charge is -2.06. The van der Waals surface area contributed by atoms with Crippen molar-refractivity contribution in [1.29, 1.82) is 0 Å². The van der Waals surface area contributed by atoms with E-state index in [1.807, 2.05) is 19.4 Å². The molecule has 1 saturated carbocycles. The monoisotopic (exact) mass is 203 g/mol. The number of aromatic nitrogens is 2. The molecule has 0 amide bonds. The Morgan fingerprint density at radius 1 is 1.60 bits per heavy atom. The Kier molecular flexibility index (Phi) is 3.41. The molecular formula is C12H17N3. The van der Waals surface area contributed by atoms with Gasteiger partial charge in [-0.3, -0.25) is 0 Å². The Hall–Kier alpha value is -1.27. The van der Waals surface area contributed by atoms with Gasteiger partial charge in [-0.15, -0.1) is 11.8 Å². The van der Waals surface area contributed by atoms with Gasteiger partial charge in [-0.25, -0.2) is 4.98 Å². The van der Waals surface area contributed by atoms with Crippen LogP contribution in [0.2, 0.25) is 0 Å². The predicted molar refractivity (Wildman–Crippen MR) is 60.3 cm³/mol. The zero-order valence-electron chi connectivity index (χ0n) is 9.16. The minimum absolute atomic E-state index is 0.722. The summed E-state index contributed by atoms with van der Waals surface area (Å²) in [6.07, 6.45) is 7.45. The van der Waals surface area contributed by atoms with Gasteiger partial charge in [-0.05, 0) is 19.8 Å². The first-order valence-corrected chi connectivity index (χ1v) is 5.53. The summed E-state index contributed by atoms with van der Waals surface area (Å²) < 4.78 is 2.29. The van der Waals surface area contributed by atoms with E-state index < -0.39 is 0 Å². The van der Waals surface area contributed by atoms with Crippen molar-refractivity contribution in [2.75, 3.05) is 6.54 Å². The average molecular weight is 203 g/mol.